The number of carboxylic acids is 1. The first-order chi connectivity index (χ1) is 8.06. The van der Waals surface area contributed by atoms with E-state index in [4.69, 9.17) is 5.11 Å². The minimum Gasteiger partial charge on any atom is -0.478 e. The maximum Gasteiger partial charge on any atom is 0.335 e. The molecule has 0 bridgehead atoms. The first-order valence-electron chi connectivity index (χ1n) is 5.24. The molecule has 1 fully saturated rings. The van der Waals surface area contributed by atoms with Crippen LogP contribution in [-0.4, -0.2) is 21.3 Å². The molecule has 17 heavy (non-hydrogen) atoms. The van der Waals surface area contributed by atoms with Gasteiger partial charge in [-0.05, 0) is 31.0 Å². The topological polar surface area (TPSA) is 66.4 Å². The standard InChI is InChI=1S/C12H13NO3S/c1-8-5-10(6-8)13-17(16)11-4-2-3-9(7-11)12(14)15/h2-4,7,10,13H,1,5-6H2,(H,14,15). The van der Waals surface area contributed by atoms with Gasteiger partial charge in [0.25, 0.3) is 0 Å². The zero-order valence-corrected chi connectivity index (χ0v) is 10.00. The minimum atomic E-state index is -1.36. The average molecular weight is 251 g/mol. The second-order valence-corrected chi connectivity index (χ2v) is 5.32. The van der Waals surface area contributed by atoms with Crippen molar-refractivity contribution in [2.45, 2.75) is 23.8 Å². The van der Waals surface area contributed by atoms with Crippen LogP contribution in [-0.2, 0) is 11.0 Å². The third-order valence-electron chi connectivity index (χ3n) is 2.64. The molecule has 90 valence electrons. The molecule has 0 saturated heterocycles. The Bertz CT molecular complexity index is 490. The van der Waals surface area contributed by atoms with Gasteiger partial charge < -0.3 is 5.11 Å². The maximum atomic E-state index is 11.9. The number of hydrogen-bond acceptors (Lipinski definition) is 2. The van der Waals surface area contributed by atoms with Gasteiger partial charge in [0, 0.05) is 6.04 Å². The van der Waals surface area contributed by atoms with E-state index in [1.54, 1.807) is 12.1 Å². The lowest BCUT2D eigenvalue weighted by Crippen LogP contribution is -2.37. The molecule has 0 spiro atoms. The quantitative estimate of drug-likeness (QED) is 0.801. The molecule has 1 aliphatic carbocycles. The zero-order chi connectivity index (χ0) is 12.4. The lowest BCUT2D eigenvalue weighted by atomic mass is 9.89. The van der Waals surface area contributed by atoms with E-state index < -0.39 is 17.0 Å². The SMILES string of the molecule is C=C1CC(NS(=O)c2cccc(C(=O)O)c2)C1. The predicted molar refractivity (Wildman–Crippen MR) is 65.1 cm³/mol. The van der Waals surface area contributed by atoms with Crippen LogP contribution in [0.15, 0.2) is 41.3 Å². The molecule has 1 aliphatic rings. The van der Waals surface area contributed by atoms with Crippen molar-refractivity contribution >= 4 is 17.0 Å². The molecule has 5 heteroatoms. The van der Waals surface area contributed by atoms with E-state index in [9.17, 15) is 9.00 Å². The molecule has 0 radical (unpaired) electrons. The Kier molecular flexibility index (Phi) is 3.40. The third kappa shape index (κ3) is 2.81. The summed E-state index contributed by atoms with van der Waals surface area (Å²) in [7, 11) is -1.36. The Morgan fingerprint density at radius 2 is 2.18 bits per heavy atom. The summed E-state index contributed by atoms with van der Waals surface area (Å²) in [6, 6.07) is 6.35. The van der Waals surface area contributed by atoms with Gasteiger partial charge in [-0.2, -0.15) is 0 Å². The summed E-state index contributed by atoms with van der Waals surface area (Å²) in [5.74, 6) is -1.01. The second kappa shape index (κ2) is 4.81. The van der Waals surface area contributed by atoms with Gasteiger partial charge in [-0.25, -0.2) is 13.7 Å². The van der Waals surface area contributed by atoms with Crippen LogP contribution in [0.25, 0.3) is 0 Å². The molecular formula is C12H13NO3S. The van der Waals surface area contributed by atoms with Crippen molar-refractivity contribution in [3.63, 3.8) is 0 Å². The van der Waals surface area contributed by atoms with Crippen LogP contribution >= 0.6 is 0 Å². The van der Waals surface area contributed by atoms with Gasteiger partial charge in [0.05, 0.1) is 10.5 Å². The van der Waals surface area contributed by atoms with Crippen molar-refractivity contribution in [3.05, 3.63) is 42.0 Å². The smallest absolute Gasteiger partial charge is 0.335 e. The Morgan fingerprint density at radius 3 is 2.76 bits per heavy atom. The molecule has 1 atom stereocenters. The summed E-state index contributed by atoms with van der Waals surface area (Å²) >= 11 is 0. The summed E-state index contributed by atoms with van der Waals surface area (Å²) < 4.78 is 14.9. The van der Waals surface area contributed by atoms with Gasteiger partial charge in [-0.1, -0.05) is 18.2 Å². The van der Waals surface area contributed by atoms with E-state index in [-0.39, 0.29) is 11.6 Å². The van der Waals surface area contributed by atoms with Crippen LogP contribution in [0.1, 0.15) is 23.2 Å². The molecule has 1 aromatic rings. The molecule has 2 N–H and O–H groups in total. The highest BCUT2D eigenvalue weighted by atomic mass is 32.2. The number of aromatic carboxylic acids is 1. The van der Waals surface area contributed by atoms with Crippen molar-refractivity contribution in [3.8, 4) is 0 Å². The van der Waals surface area contributed by atoms with E-state index in [1.807, 2.05) is 0 Å². The first-order valence-corrected chi connectivity index (χ1v) is 6.39. The fraction of sp³-hybridized carbons (Fsp3) is 0.250. The molecule has 0 heterocycles. The zero-order valence-electron chi connectivity index (χ0n) is 9.18. The predicted octanol–water partition coefficient (Wildman–Crippen LogP) is 1.72. The summed E-state index contributed by atoms with van der Waals surface area (Å²) in [4.78, 5) is 11.3. The summed E-state index contributed by atoms with van der Waals surface area (Å²) in [5.41, 5.74) is 1.30. The second-order valence-electron chi connectivity index (χ2n) is 4.07. The maximum absolute atomic E-state index is 11.9. The van der Waals surface area contributed by atoms with Crippen LogP contribution in [0, 0.1) is 0 Å². The molecule has 2 rings (SSSR count). The summed E-state index contributed by atoms with van der Waals surface area (Å²) in [6.07, 6.45) is 1.68. The molecule has 1 aromatic carbocycles. The van der Waals surface area contributed by atoms with E-state index in [1.165, 1.54) is 12.1 Å². The lowest BCUT2D eigenvalue weighted by molar-refractivity contribution is 0.0696. The van der Waals surface area contributed by atoms with Crippen LogP contribution in [0.5, 0.6) is 0 Å². The van der Waals surface area contributed by atoms with Crippen molar-refractivity contribution in [1.29, 1.82) is 0 Å². The molecule has 0 aliphatic heterocycles. The average Bonchev–Trinajstić information content (AvgIpc) is 2.27. The molecule has 1 unspecified atom stereocenters. The highest BCUT2D eigenvalue weighted by molar-refractivity contribution is 7.83. The number of hydrogen-bond donors (Lipinski definition) is 2. The largest absolute Gasteiger partial charge is 0.478 e. The fourth-order valence-electron chi connectivity index (χ4n) is 1.68. The Balaban J connectivity index is 2.06. The van der Waals surface area contributed by atoms with Crippen LogP contribution in [0.2, 0.25) is 0 Å². The van der Waals surface area contributed by atoms with Crippen molar-refractivity contribution < 1.29 is 14.1 Å². The summed E-state index contributed by atoms with van der Waals surface area (Å²) in [6.45, 7) is 3.81. The first kappa shape index (κ1) is 12.0. The molecule has 0 amide bonds. The monoisotopic (exact) mass is 251 g/mol. The third-order valence-corrected chi connectivity index (χ3v) is 3.87. The van der Waals surface area contributed by atoms with Crippen LogP contribution < -0.4 is 4.72 Å². The van der Waals surface area contributed by atoms with Crippen molar-refractivity contribution in [2.75, 3.05) is 0 Å². The van der Waals surface area contributed by atoms with Gasteiger partial charge in [-0.3, -0.25) is 0 Å². The van der Waals surface area contributed by atoms with E-state index in [0.717, 1.165) is 18.4 Å². The normalized spacial score (nSPS) is 17.5. The fourth-order valence-corrected chi connectivity index (χ4v) is 2.73. The highest BCUT2D eigenvalue weighted by Gasteiger charge is 2.23. The number of nitrogens with one attached hydrogen (secondary N) is 1. The van der Waals surface area contributed by atoms with Crippen molar-refractivity contribution in [2.24, 2.45) is 0 Å². The molecule has 4 nitrogen and oxygen atoms in total. The van der Waals surface area contributed by atoms with Crippen LogP contribution in [0.3, 0.4) is 0 Å². The number of rotatable bonds is 4. The summed E-state index contributed by atoms with van der Waals surface area (Å²) in [5, 5.41) is 8.83. The van der Waals surface area contributed by atoms with E-state index >= 15 is 0 Å². The Labute approximate surface area is 102 Å². The van der Waals surface area contributed by atoms with E-state index in [2.05, 4.69) is 11.3 Å². The lowest BCUT2D eigenvalue weighted by Gasteiger charge is -2.28. The highest BCUT2D eigenvalue weighted by Crippen LogP contribution is 2.25. The van der Waals surface area contributed by atoms with Gasteiger partial charge in [0.1, 0.15) is 11.0 Å². The number of carbonyl (C=O) groups is 1. The van der Waals surface area contributed by atoms with E-state index in [0.29, 0.717) is 4.90 Å². The van der Waals surface area contributed by atoms with Gasteiger partial charge in [0.2, 0.25) is 0 Å². The molecular weight excluding hydrogens is 238 g/mol. The van der Waals surface area contributed by atoms with Crippen LogP contribution in [0.4, 0.5) is 0 Å². The Hall–Kier alpha value is -1.46. The van der Waals surface area contributed by atoms with Gasteiger partial charge >= 0.3 is 5.97 Å². The van der Waals surface area contributed by atoms with Gasteiger partial charge in [-0.15, -0.1) is 0 Å². The minimum absolute atomic E-state index is 0.149. The molecule has 0 aromatic heterocycles. The molecule has 1 saturated carbocycles. The number of benzene rings is 1. The Morgan fingerprint density at radius 1 is 1.47 bits per heavy atom. The van der Waals surface area contributed by atoms with Gasteiger partial charge in [0.15, 0.2) is 0 Å². The van der Waals surface area contributed by atoms with Crippen molar-refractivity contribution in [1.82, 2.24) is 4.72 Å². The number of carboxylic acid groups (broad SMARTS) is 1.